The third-order valence-electron chi connectivity index (χ3n) is 2.58. The monoisotopic (exact) mass is 283 g/mol. The van der Waals surface area contributed by atoms with E-state index < -0.39 is 0 Å². The molecule has 19 heavy (non-hydrogen) atoms. The van der Waals surface area contributed by atoms with Crippen LogP contribution >= 0.6 is 11.8 Å². The van der Waals surface area contributed by atoms with E-state index in [0.29, 0.717) is 17.4 Å². The van der Waals surface area contributed by atoms with Crippen LogP contribution in [-0.2, 0) is 0 Å². The van der Waals surface area contributed by atoms with Crippen LogP contribution in [-0.4, -0.2) is 30.1 Å². The summed E-state index contributed by atoms with van der Waals surface area (Å²) in [5, 5.41) is 0.559. The van der Waals surface area contributed by atoms with Crippen LogP contribution in [0.5, 0.6) is 5.75 Å². The summed E-state index contributed by atoms with van der Waals surface area (Å²) >= 11 is 1.85. The van der Waals surface area contributed by atoms with E-state index in [4.69, 9.17) is 16.3 Å². The van der Waals surface area contributed by atoms with Crippen molar-refractivity contribution in [2.24, 2.45) is 11.6 Å². The Labute approximate surface area is 118 Å². The van der Waals surface area contributed by atoms with Gasteiger partial charge in [0, 0.05) is 16.6 Å². The van der Waals surface area contributed by atoms with Crippen molar-refractivity contribution >= 4 is 17.7 Å². The number of rotatable bonds is 8. The number of hydrogen-bond acceptors (Lipinski definition) is 5. The molecule has 1 aromatic carbocycles. The average Bonchev–Trinajstić information content (AvgIpc) is 2.44. The summed E-state index contributed by atoms with van der Waals surface area (Å²) in [4.78, 5) is 11.2. The SMILES string of the molecule is CC(CCN)SCCOc1ccc(C(=O)NN)cc1. The highest BCUT2D eigenvalue weighted by Gasteiger charge is 2.04. The van der Waals surface area contributed by atoms with Gasteiger partial charge in [-0.2, -0.15) is 11.8 Å². The predicted octanol–water partition coefficient (Wildman–Crippen LogP) is 1.14. The first kappa shape index (κ1) is 15.8. The number of thioether (sulfide) groups is 1. The van der Waals surface area contributed by atoms with Crippen molar-refractivity contribution in [3.8, 4) is 5.75 Å². The molecule has 0 bridgehead atoms. The normalized spacial score (nSPS) is 11.9. The number of hydrazine groups is 1. The molecule has 0 saturated carbocycles. The molecule has 0 fully saturated rings. The molecule has 0 radical (unpaired) electrons. The zero-order chi connectivity index (χ0) is 14.1. The molecular weight excluding hydrogens is 262 g/mol. The Bertz CT molecular complexity index is 384. The van der Waals surface area contributed by atoms with Gasteiger partial charge in [0.2, 0.25) is 0 Å². The second kappa shape index (κ2) is 8.79. The molecule has 5 nitrogen and oxygen atoms in total. The Balaban J connectivity index is 2.28. The fourth-order valence-corrected chi connectivity index (χ4v) is 2.40. The standard InChI is InChI=1S/C13H21N3O2S/c1-10(6-7-14)19-9-8-18-12-4-2-11(3-5-12)13(17)16-15/h2-5,10H,6-9,14-15H2,1H3,(H,16,17). The maximum absolute atomic E-state index is 11.2. The molecule has 1 atom stereocenters. The first-order valence-corrected chi connectivity index (χ1v) is 7.27. The van der Waals surface area contributed by atoms with Gasteiger partial charge in [-0.25, -0.2) is 5.84 Å². The first-order chi connectivity index (χ1) is 9.17. The van der Waals surface area contributed by atoms with Gasteiger partial charge in [-0.15, -0.1) is 0 Å². The molecule has 5 N–H and O–H groups in total. The van der Waals surface area contributed by atoms with Crippen LogP contribution in [0.25, 0.3) is 0 Å². The highest BCUT2D eigenvalue weighted by molar-refractivity contribution is 7.99. The molecule has 0 heterocycles. The maximum Gasteiger partial charge on any atom is 0.265 e. The molecule has 0 aliphatic rings. The molecule has 6 heteroatoms. The van der Waals surface area contributed by atoms with Gasteiger partial charge < -0.3 is 10.5 Å². The first-order valence-electron chi connectivity index (χ1n) is 6.23. The predicted molar refractivity (Wildman–Crippen MR) is 79.2 cm³/mol. The van der Waals surface area contributed by atoms with Crippen molar-refractivity contribution in [3.05, 3.63) is 29.8 Å². The summed E-state index contributed by atoms with van der Waals surface area (Å²) in [6.07, 6.45) is 1.02. The van der Waals surface area contributed by atoms with Gasteiger partial charge in [0.15, 0.2) is 0 Å². The van der Waals surface area contributed by atoms with Crippen LogP contribution in [0.15, 0.2) is 24.3 Å². The lowest BCUT2D eigenvalue weighted by atomic mass is 10.2. The Morgan fingerprint density at radius 1 is 1.42 bits per heavy atom. The third kappa shape index (κ3) is 5.96. The van der Waals surface area contributed by atoms with Crippen molar-refractivity contribution < 1.29 is 9.53 Å². The molecular formula is C13H21N3O2S. The molecule has 0 spiro atoms. The molecule has 1 amide bonds. The van der Waals surface area contributed by atoms with Gasteiger partial charge >= 0.3 is 0 Å². The molecule has 0 aromatic heterocycles. The maximum atomic E-state index is 11.2. The summed E-state index contributed by atoms with van der Waals surface area (Å²) in [6, 6.07) is 6.89. The van der Waals surface area contributed by atoms with E-state index in [-0.39, 0.29) is 5.91 Å². The number of nitrogen functional groups attached to an aromatic ring is 1. The highest BCUT2D eigenvalue weighted by Crippen LogP contribution is 2.15. The number of benzene rings is 1. The van der Waals surface area contributed by atoms with E-state index in [1.165, 1.54) is 0 Å². The third-order valence-corrected chi connectivity index (χ3v) is 3.78. The molecule has 0 aliphatic carbocycles. The molecule has 0 aliphatic heterocycles. The minimum absolute atomic E-state index is 0.308. The lowest BCUT2D eigenvalue weighted by Crippen LogP contribution is -2.29. The van der Waals surface area contributed by atoms with Crippen molar-refractivity contribution in [2.45, 2.75) is 18.6 Å². The van der Waals surface area contributed by atoms with E-state index in [9.17, 15) is 4.79 Å². The summed E-state index contributed by atoms with van der Waals surface area (Å²) in [5.74, 6) is 6.42. The van der Waals surface area contributed by atoms with E-state index >= 15 is 0 Å². The van der Waals surface area contributed by atoms with Crippen molar-refractivity contribution in [3.63, 3.8) is 0 Å². The quantitative estimate of drug-likeness (QED) is 0.288. The van der Waals surface area contributed by atoms with Crippen molar-refractivity contribution in [1.29, 1.82) is 0 Å². The van der Waals surface area contributed by atoms with E-state index in [2.05, 4.69) is 12.3 Å². The largest absolute Gasteiger partial charge is 0.493 e. The smallest absolute Gasteiger partial charge is 0.265 e. The summed E-state index contributed by atoms with van der Waals surface area (Å²) in [7, 11) is 0. The molecule has 1 rings (SSSR count). The second-order valence-corrected chi connectivity index (χ2v) is 5.65. The number of nitrogens with two attached hydrogens (primary N) is 2. The van der Waals surface area contributed by atoms with E-state index in [1.807, 2.05) is 11.8 Å². The van der Waals surface area contributed by atoms with Crippen molar-refractivity contribution in [2.75, 3.05) is 18.9 Å². The van der Waals surface area contributed by atoms with Crippen molar-refractivity contribution in [1.82, 2.24) is 5.43 Å². The van der Waals surface area contributed by atoms with Crippen LogP contribution in [0.3, 0.4) is 0 Å². The van der Waals surface area contributed by atoms with Crippen LogP contribution < -0.4 is 21.7 Å². The van der Waals surface area contributed by atoms with Gasteiger partial charge in [-0.05, 0) is 37.2 Å². The Hall–Kier alpha value is -1.24. The van der Waals surface area contributed by atoms with Gasteiger partial charge in [-0.3, -0.25) is 10.2 Å². The number of amides is 1. The second-order valence-electron chi connectivity index (χ2n) is 4.11. The average molecular weight is 283 g/mol. The number of hydrogen-bond donors (Lipinski definition) is 3. The van der Waals surface area contributed by atoms with Gasteiger partial charge in [-0.1, -0.05) is 6.92 Å². The van der Waals surface area contributed by atoms with Gasteiger partial charge in [0.05, 0.1) is 6.61 Å². The fraction of sp³-hybridized carbons (Fsp3) is 0.462. The van der Waals surface area contributed by atoms with Crippen LogP contribution in [0.1, 0.15) is 23.7 Å². The number of ether oxygens (including phenoxy) is 1. The Morgan fingerprint density at radius 2 is 2.11 bits per heavy atom. The minimum Gasteiger partial charge on any atom is -0.493 e. The zero-order valence-electron chi connectivity index (χ0n) is 11.1. The van der Waals surface area contributed by atoms with Gasteiger partial charge in [0.1, 0.15) is 5.75 Å². The number of carbonyl (C=O) groups is 1. The number of carbonyl (C=O) groups excluding carboxylic acids is 1. The summed E-state index contributed by atoms with van der Waals surface area (Å²) in [5.41, 5.74) is 8.09. The lowest BCUT2D eigenvalue weighted by molar-refractivity contribution is 0.0953. The molecule has 1 unspecified atom stereocenters. The zero-order valence-corrected chi connectivity index (χ0v) is 11.9. The topological polar surface area (TPSA) is 90.4 Å². The van der Waals surface area contributed by atoms with E-state index in [0.717, 1.165) is 24.5 Å². The molecule has 1 aromatic rings. The summed E-state index contributed by atoms with van der Waals surface area (Å²) < 4.78 is 5.59. The fourth-order valence-electron chi connectivity index (χ4n) is 1.51. The Kier molecular flexibility index (Phi) is 7.32. The Morgan fingerprint density at radius 3 is 2.68 bits per heavy atom. The minimum atomic E-state index is -0.308. The highest BCUT2D eigenvalue weighted by atomic mass is 32.2. The van der Waals surface area contributed by atoms with Crippen LogP contribution in [0.4, 0.5) is 0 Å². The van der Waals surface area contributed by atoms with E-state index in [1.54, 1.807) is 24.3 Å². The van der Waals surface area contributed by atoms with Gasteiger partial charge in [0.25, 0.3) is 5.91 Å². The number of nitrogens with one attached hydrogen (secondary N) is 1. The summed E-state index contributed by atoms with van der Waals surface area (Å²) in [6.45, 7) is 3.53. The van der Waals surface area contributed by atoms with Crippen LogP contribution in [0, 0.1) is 0 Å². The molecule has 0 saturated heterocycles. The lowest BCUT2D eigenvalue weighted by Gasteiger charge is -2.10. The van der Waals surface area contributed by atoms with Crippen LogP contribution in [0.2, 0.25) is 0 Å². The molecule has 106 valence electrons.